The standard InChI is InChI=1S/C32H31FN6O4S.ClH/c1-38(2)12-5-13-43-30-27(37-44(41,42)23-7-8-25(33)21(14-23)17-34)16-22(18-36-30)20-6-9-26-24(15-20)29-28(19-35-26)39(3)31(40)32(29)10-4-11-32;/h6-9,14-16,18-19,37H,4-5,10-13H2,1-3H3;1H. The molecule has 2 aromatic carbocycles. The SMILES string of the molecule is CN(C)CCCOc1ncc(-c2ccc3ncc4c(c3c2)C2(CCC2)C(=O)N4C)cc1NS(=O)(=O)c1ccc(F)c(C#N)c1.Cl. The third-order valence-corrected chi connectivity index (χ3v) is 9.76. The molecule has 10 nitrogen and oxygen atoms in total. The van der Waals surface area contributed by atoms with Crippen LogP contribution < -0.4 is 14.4 Å². The van der Waals surface area contributed by atoms with Crippen molar-refractivity contribution in [1.82, 2.24) is 14.9 Å². The molecule has 0 saturated heterocycles. The summed E-state index contributed by atoms with van der Waals surface area (Å²) in [5.74, 6) is -0.635. The van der Waals surface area contributed by atoms with E-state index >= 15 is 0 Å². The van der Waals surface area contributed by atoms with Gasteiger partial charge in [-0.2, -0.15) is 5.26 Å². The summed E-state index contributed by atoms with van der Waals surface area (Å²) in [6, 6.07) is 12.1. The van der Waals surface area contributed by atoms with E-state index < -0.39 is 21.3 Å². The molecule has 1 aliphatic heterocycles. The van der Waals surface area contributed by atoms with Crippen molar-refractivity contribution in [2.75, 3.05) is 43.9 Å². The lowest BCUT2D eigenvalue weighted by atomic mass is 9.64. The molecule has 1 amide bonds. The molecule has 234 valence electrons. The van der Waals surface area contributed by atoms with Gasteiger partial charge in [0.05, 0.1) is 39.9 Å². The first-order valence-electron chi connectivity index (χ1n) is 14.3. The van der Waals surface area contributed by atoms with Crippen LogP contribution in [-0.2, 0) is 20.2 Å². The molecular formula is C32H32ClFN6O4S. The van der Waals surface area contributed by atoms with Gasteiger partial charge in [0.1, 0.15) is 17.6 Å². The van der Waals surface area contributed by atoms with Crippen molar-refractivity contribution in [3.63, 3.8) is 0 Å². The largest absolute Gasteiger partial charge is 0.476 e. The molecule has 0 unspecified atom stereocenters. The number of nitrogens with zero attached hydrogens (tertiary/aromatic N) is 5. The summed E-state index contributed by atoms with van der Waals surface area (Å²) in [5, 5.41) is 10.1. The monoisotopic (exact) mass is 650 g/mol. The Labute approximate surface area is 267 Å². The molecule has 1 spiro atoms. The summed E-state index contributed by atoms with van der Waals surface area (Å²) >= 11 is 0. The molecule has 1 aliphatic carbocycles. The van der Waals surface area contributed by atoms with Gasteiger partial charge in [0, 0.05) is 36.3 Å². The minimum Gasteiger partial charge on any atom is -0.476 e. The number of amides is 1. The Morgan fingerprint density at radius 1 is 1.11 bits per heavy atom. The van der Waals surface area contributed by atoms with Gasteiger partial charge in [-0.1, -0.05) is 12.5 Å². The number of ether oxygens (including phenoxy) is 1. The summed E-state index contributed by atoms with van der Waals surface area (Å²) in [6.45, 7) is 1.06. The molecule has 0 radical (unpaired) electrons. The van der Waals surface area contributed by atoms with Gasteiger partial charge in [-0.3, -0.25) is 14.5 Å². The molecule has 1 fully saturated rings. The number of hydrogen-bond donors (Lipinski definition) is 1. The number of carbonyl (C=O) groups is 1. The number of pyridine rings is 2. The fourth-order valence-corrected chi connectivity index (χ4v) is 7.03. The first-order chi connectivity index (χ1) is 21.0. The average molecular weight is 651 g/mol. The number of hydrogen-bond acceptors (Lipinski definition) is 8. The maximum Gasteiger partial charge on any atom is 0.262 e. The number of carbonyl (C=O) groups excluding carboxylic acids is 1. The van der Waals surface area contributed by atoms with E-state index in [-0.39, 0.29) is 40.3 Å². The van der Waals surface area contributed by atoms with Gasteiger partial charge < -0.3 is 14.5 Å². The maximum atomic E-state index is 13.9. The van der Waals surface area contributed by atoms with Crippen LogP contribution >= 0.6 is 12.4 Å². The van der Waals surface area contributed by atoms with Crippen molar-refractivity contribution in [3.05, 3.63) is 71.8 Å². The lowest BCUT2D eigenvalue weighted by molar-refractivity contribution is -0.125. The van der Waals surface area contributed by atoms with Gasteiger partial charge in [0.15, 0.2) is 0 Å². The summed E-state index contributed by atoms with van der Waals surface area (Å²) in [5.41, 5.74) is 3.10. The van der Waals surface area contributed by atoms with E-state index in [9.17, 15) is 22.9 Å². The van der Waals surface area contributed by atoms with E-state index in [0.29, 0.717) is 18.6 Å². The summed E-state index contributed by atoms with van der Waals surface area (Å²) in [6.07, 6.45) is 6.61. The van der Waals surface area contributed by atoms with Crippen LogP contribution in [0.15, 0.2) is 59.8 Å². The molecule has 45 heavy (non-hydrogen) atoms. The Balaban J connectivity index is 0.00000400. The predicted octanol–water partition coefficient (Wildman–Crippen LogP) is 5.26. The Bertz CT molecular complexity index is 1960. The highest BCUT2D eigenvalue weighted by Crippen LogP contribution is 2.55. The smallest absolute Gasteiger partial charge is 0.262 e. The summed E-state index contributed by atoms with van der Waals surface area (Å²) in [7, 11) is 1.43. The number of likely N-dealkylation sites (N-methyl/N-ethyl adjacent to an activating group) is 1. The lowest BCUT2D eigenvalue weighted by Gasteiger charge is -2.37. The average Bonchev–Trinajstić information content (AvgIpc) is 3.22. The van der Waals surface area contributed by atoms with Crippen LogP contribution in [0.2, 0.25) is 0 Å². The Kier molecular flexibility index (Phi) is 8.72. The van der Waals surface area contributed by atoms with Crippen LogP contribution in [0.25, 0.3) is 22.0 Å². The molecule has 1 N–H and O–H groups in total. The van der Waals surface area contributed by atoms with Crippen molar-refractivity contribution >= 4 is 50.6 Å². The van der Waals surface area contributed by atoms with E-state index in [1.807, 2.05) is 37.2 Å². The fourth-order valence-electron chi connectivity index (χ4n) is 5.96. The van der Waals surface area contributed by atoms with Crippen molar-refractivity contribution in [3.8, 4) is 23.1 Å². The zero-order valence-corrected chi connectivity index (χ0v) is 26.6. The molecule has 0 atom stereocenters. The molecule has 3 heterocycles. The zero-order valence-electron chi connectivity index (χ0n) is 25.0. The molecule has 1 saturated carbocycles. The van der Waals surface area contributed by atoms with E-state index in [0.717, 1.165) is 71.7 Å². The minimum atomic E-state index is -4.24. The van der Waals surface area contributed by atoms with Crippen molar-refractivity contribution < 1.29 is 22.3 Å². The van der Waals surface area contributed by atoms with E-state index in [2.05, 4.69) is 14.7 Å². The Morgan fingerprint density at radius 3 is 2.58 bits per heavy atom. The predicted molar refractivity (Wildman–Crippen MR) is 172 cm³/mol. The highest BCUT2D eigenvalue weighted by molar-refractivity contribution is 7.92. The number of anilines is 2. The molecular weight excluding hydrogens is 619 g/mol. The van der Waals surface area contributed by atoms with E-state index in [1.54, 1.807) is 36.5 Å². The van der Waals surface area contributed by atoms with E-state index in [1.165, 1.54) is 0 Å². The van der Waals surface area contributed by atoms with Gasteiger partial charge in [-0.25, -0.2) is 17.8 Å². The maximum absolute atomic E-state index is 13.9. The van der Waals surface area contributed by atoms with Gasteiger partial charge in [0.2, 0.25) is 11.8 Å². The normalized spacial score (nSPS) is 15.0. The van der Waals surface area contributed by atoms with Crippen molar-refractivity contribution in [2.45, 2.75) is 36.0 Å². The van der Waals surface area contributed by atoms with Crippen LogP contribution in [-0.4, -0.2) is 63.5 Å². The van der Waals surface area contributed by atoms with Crippen LogP contribution in [0.3, 0.4) is 0 Å². The van der Waals surface area contributed by atoms with Crippen LogP contribution in [0, 0.1) is 17.1 Å². The fraction of sp³-hybridized carbons (Fsp3) is 0.312. The molecule has 13 heteroatoms. The first kappa shape index (κ1) is 32.1. The van der Waals surface area contributed by atoms with Gasteiger partial charge in [0.25, 0.3) is 10.0 Å². The number of nitriles is 1. The van der Waals surface area contributed by atoms with E-state index in [4.69, 9.17) is 4.74 Å². The number of rotatable bonds is 9. The van der Waals surface area contributed by atoms with Crippen LogP contribution in [0.5, 0.6) is 5.88 Å². The minimum absolute atomic E-state index is 0. The van der Waals surface area contributed by atoms with Crippen molar-refractivity contribution in [1.29, 1.82) is 5.26 Å². The highest BCUT2D eigenvalue weighted by atomic mass is 35.5. The molecule has 0 bridgehead atoms. The van der Waals surface area contributed by atoms with Gasteiger partial charge in [-0.15, -0.1) is 12.4 Å². The highest BCUT2D eigenvalue weighted by Gasteiger charge is 2.54. The first-order valence-corrected chi connectivity index (χ1v) is 15.7. The number of fused-ring (bicyclic) bond motifs is 4. The molecule has 2 aliphatic rings. The second kappa shape index (κ2) is 12.2. The summed E-state index contributed by atoms with van der Waals surface area (Å²) < 4.78 is 49.2. The van der Waals surface area contributed by atoms with Crippen LogP contribution in [0.1, 0.15) is 36.8 Å². The molecule has 2 aromatic heterocycles. The number of halogens is 2. The Morgan fingerprint density at radius 2 is 1.89 bits per heavy atom. The topological polar surface area (TPSA) is 129 Å². The second-order valence-corrected chi connectivity index (χ2v) is 13.2. The number of benzene rings is 2. The quantitative estimate of drug-likeness (QED) is 0.243. The Hall–Kier alpha value is -4.31. The third kappa shape index (κ3) is 5.67. The number of sulfonamides is 1. The molecule has 4 aromatic rings. The molecule has 6 rings (SSSR count). The summed E-state index contributed by atoms with van der Waals surface area (Å²) in [4.78, 5) is 25.8. The number of nitrogens with one attached hydrogen (secondary N) is 1. The van der Waals surface area contributed by atoms with Gasteiger partial charge >= 0.3 is 0 Å². The van der Waals surface area contributed by atoms with Gasteiger partial charge in [-0.05, 0) is 75.3 Å². The lowest BCUT2D eigenvalue weighted by Crippen LogP contribution is -2.43. The zero-order chi connectivity index (χ0) is 31.2. The number of aromatic nitrogens is 2. The van der Waals surface area contributed by atoms with Crippen molar-refractivity contribution in [2.24, 2.45) is 0 Å². The third-order valence-electron chi connectivity index (χ3n) is 8.39. The van der Waals surface area contributed by atoms with Crippen LogP contribution in [0.4, 0.5) is 15.8 Å². The second-order valence-electron chi connectivity index (χ2n) is 11.5.